The molecule has 0 fully saturated rings. The average Bonchev–Trinajstić information content (AvgIpc) is 2.37. The van der Waals surface area contributed by atoms with Crippen molar-refractivity contribution in [3.63, 3.8) is 0 Å². The fraction of sp³-hybridized carbons (Fsp3) is 0.385. The van der Waals surface area contributed by atoms with Gasteiger partial charge in [0, 0.05) is 25.5 Å². The van der Waals surface area contributed by atoms with Gasteiger partial charge in [-0.25, -0.2) is 0 Å². The molecule has 0 aliphatic rings. The Labute approximate surface area is 102 Å². The van der Waals surface area contributed by atoms with Gasteiger partial charge in [-0.15, -0.1) is 6.42 Å². The van der Waals surface area contributed by atoms with E-state index in [-0.39, 0.29) is 12.5 Å². The summed E-state index contributed by atoms with van der Waals surface area (Å²) in [5.74, 6) is 2.49. The van der Waals surface area contributed by atoms with Crippen molar-refractivity contribution < 1.29 is 4.79 Å². The summed E-state index contributed by atoms with van der Waals surface area (Å²) in [4.78, 5) is 17.6. The maximum absolute atomic E-state index is 11.8. The van der Waals surface area contributed by atoms with Gasteiger partial charge in [0.15, 0.2) is 0 Å². The lowest BCUT2D eigenvalue weighted by Gasteiger charge is -2.20. The van der Waals surface area contributed by atoms with E-state index < -0.39 is 0 Å². The Kier molecular flexibility index (Phi) is 5.76. The number of aromatic nitrogens is 1. The Hall–Kier alpha value is -1.86. The molecule has 1 heterocycles. The minimum atomic E-state index is 0.0552. The fourth-order valence-corrected chi connectivity index (χ4v) is 1.44. The molecule has 0 aromatic carbocycles. The van der Waals surface area contributed by atoms with Crippen LogP contribution in [0.25, 0.3) is 0 Å². The molecule has 0 atom stereocenters. The highest BCUT2D eigenvalue weighted by Crippen LogP contribution is 2.02. The zero-order valence-electron chi connectivity index (χ0n) is 10.0. The summed E-state index contributed by atoms with van der Waals surface area (Å²) in [5.41, 5.74) is 1.08. The summed E-state index contributed by atoms with van der Waals surface area (Å²) in [6, 6.07) is 3.82. The molecule has 1 aromatic rings. The van der Waals surface area contributed by atoms with Gasteiger partial charge in [-0.2, -0.15) is 0 Å². The molecular weight excluding hydrogens is 214 g/mol. The number of hydrogen-bond acceptors (Lipinski definition) is 3. The lowest BCUT2D eigenvalue weighted by Crippen LogP contribution is -2.37. The average molecular weight is 231 g/mol. The van der Waals surface area contributed by atoms with E-state index in [0.29, 0.717) is 19.6 Å². The first-order chi connectivity index (χ1) is 8.27. The normalized spacial score (nSPS) is 9.65. The van der Waals surface area contributed by atoms with Crippen LogP contribution in [0.5, 0.6) is 0 Å². The molecule has 17 heavy (non-hydrogen) atoms. The first-order valence-corrected chi connectivity index (χ1v) is 5.58. The van der Waals surface area contributed by atoms with Crippen LogP contribution in [0.1, 0.15) is 12.5 Å². The topological polar surface area (TPSA) is 45.2 Å². The third-order valence-electron chi connectivity index (χ3n) is 2.36. The van der Waals surface area contributed by atoms with Gasteiger partial charge in [0.1, 0.15) is 0 Å². The van der Waals surface area contributed by atoms with E-state index in [1.807, 2.05) is 19.1 Å². The Balaban J connectivity index is 2.48. The maximum atomic E-state index is 11.8. The SMILES string of the molecule is C#CCNCC(=O)N(CC)Cc1ccncc1. The number of likely N-dealkylation sites (N-methyl/N-ethyl adjacent to an activating group) is 1. The third-order valence-corrected chi connectivity index (χ3v) is 2.36. The number of terminal acetylenes is 1. The van der Waals surface area contributed by atoms with Crippen LogP contribution in [0.4, 0.5) is 0 Å². The van der Waals surface area contributed by atoms with E-state index in [1.54, 1.807) is 17.3 Å². The van der Waals surface area contributed by atoms with E-state index in [9.17, 15) is 4.79 Å². The number of hydrogen-bond donors (Lipinski definition) is 1. The number of nitrogens with zero attached hydrogens (tertiary/aromatic N) is 2. The van der Waals surface area contributed by atoms with Crippen LogP contribution in [0.2, 0.25) is 0 Å². The molecule has 1 aromatic heterocycles. The van der Waals surface area contributed by atoms with Gasteiger partial charge < -0.3 is 4.90 Å². The van der Waals surface area contributed by atoms with Gasteiger partial charge in [0.2, 0.25) is 5.91 Å². The van der Waals surface area contributed by atoms with Gasteiger partial charge in [0.25, 0.3) is 0 Å². The molecule has 4 heteroatoms. The van der Waals surface area contributed by atoms with Crippen molar-refractivity contribution in [2.24, 2.45) is 0 Å². The van der Waals surface area contributed by atoms with Gasteiger partial charge in [0.05, 0.1) is 13.1 Å². The largest absolute Gasteiger partial charge is 0.338 e. The highest BCUT2D eigenvalue weighted by molar-refractivity contribution is 5.78. The van der Waals surface area contributed by atoms with Crippen molar-refractivity contribution in [3.05, 3.63) is 30.1 Å². The van der Waals surface area contributed by atoms with E-state index >= 15 is 0 Å². The van der Waals surface area contributed by atoms with E-state index in [1.165, 1.54) is 0 Å². The molecule has 0 aliphatic heterocycles. The monoisotopic (exact) mass is 231 g/mol. The molecule has 0 bridgehead atoms. The zero-order chi connectivity index (χ0) is 12.5. The molecule has 1 N–H and O–H groups in total. The lowest BCUT2D eigenvalue weighted by molar-refractivity contribution is -0.130. The number of rotatable bonds is 6. The quantitative estimate of drug-likeness (QED) is 0.577. The predicted molar refractivity (Wildman–Crippen MR) is 67.0 cm³/mol. The molecular formula is C13H17N3O. The first-order valence-electron chi connectivity index (χ1n) is 5.58. The van der Waals surface area contributed by atoms with Crippen molar-refractivity contribution >= 4 is 5.91 Å². The maximum Gasteiger partial charge on any atom is 0.236 e. The number of nitrogens with one attached hydrogen (secondary N) is 1. The summed E-state index contributed by atoms with van der Waals surface area (Å²) in [7, 11) is 0. The van der Waals surface area contributed by atoms with Crippen LogP contribution in [0.3, 0.4) is 0 Å². The number of amides is 1. The smallest absolute Gasteiger partial charge is 0.236 e. The molecule has 0 spiro atoms. The summed E-state index contributed by atoms with van der Waals surface area (Å²) >= 11 is 0. The van der Waals surface area contributed by atoms with Crippen LogP contribution in [-0.4, -0.2) is 35.4 Å². The van der Waals surface area contributed by atoms with Crippen LogP contribution in [0.15, 0.2) is 24.5 Å². The van der Waals surface area contributed by atoms with E-state index in [2.05, 4.69) is 16.2 Å². The molecule has 4 nitrogen and oxygen atoms in total. The molecule has 90 valence electrons. The molecule has 0 unspecified atom stereocenters. The summed E-state index contributed by atoms with van der Waals surface area (Å²) < 4.78 is 0. The molecule has 0 saturated carbocycles. The first kappa shape index (κ1) is 13.2. The van der Waals surface area contributed by atoms with Crippen molar-refractivity contribution in [1.29, 1.82) is 0 Å². The third kappa shape index (κ3) is 4.66. The fourth-order valence-electron chi connectivity index (χ4n) is 1.44. The minimum absolute atomic E-state index is 0.0552. The number of carbonyl (C=O) groups is 1. The summed E-state index contributed by atoms with van der Waals surface area (Å²) in [6.07, 6.45) is 8.56. The van der Waals surface area contributed by atoms with Crippen LogP contribution in [0, 0.1) is 12.3 Å². The van der Waals surface area contributed by atoms with Crippen molar-refractivity contribution in [2.75, 3.05) is 19.6 Å². The van der Waals surface area contributed by atoms with E-state index in [4.69, 9.17) is 6.42 Å². The van der Waals surface area contributed by atoms with Gasteiger partial charge >= 0.3 is 0 Å². The summed E-state index contributed by atoms with van der Waals surface area (Å²) in [6.45, 7) is 3.94. The van der Waals surface area contributed by atoms with Crippen molar-refractivity contribution in [1.82, 2.24) is 15.2 Å². The second-order valence-corrected chi connectivity index (χ2v) is 3.57. The van der Waals surface area contributed by atoms with E-state index in [0.717, 1.165) is 5.56 Å². The summed E-state index contributed by atoms with van der Waals surface area (Å²) in [5, 5.41) is 2.90. The molecule has 1 rings (SSSR count). The van der Waals surface area contributed by atoms with Crippen LogP contribution in [-0.2, 0) is 11.3 Å². The predicted octanol–water partition coefficient (Wildman–Crippen LogP) is 0.653. The molecule has 1 amide bonds. The zero-order valence-corrected chi connectivity index (χ0v) is 10.0. The Morgan fingerprint density at radius 2 is 2.24 bits per heavy atom. The highest BCUT2D eigenvalue weighted by atomic mass is 16.2. The Morgan fingerprint density at radius 1 is 1.53 bits per heavy atom. The Bertz CT molecular complexity index is 383. The highest BCUT2D eigenvalue weighted by Gasteiger charge is 2.10. The molecule has 0 aliphatic carbocycles. The van der Waals surface area contributed by atoms with Crippen molar-refractivity contribution in [2.45, 2.75) is 13.5 Å². The minimum Gasteiger partial charge on any atom is -0.338 e. The second-order valence-electron chi connectivity index (χ2n) is 3.57. The second kappa shape index (κ2) is 7.42. The molecule has 0 saturated heterocycles. The number of carbonyl (C=O) groups excluding carboxylic acids is 1. The number of pyridine rings is 1. The van der Waals surface area contributed by atoms with Crippen LogP contribution < -0.4 is 5.32 Å². The Morgan fingerprint density at radius 3 is 2.82 bits per heavy atom. The van der Waals surface area contributed by atoms with Crippen molar-refractivity contribution in [3.8, 4) is 12.3 Å². The van der Waals surface area contributed by atoms with Gasteiger partial charge in [-0.1, -0.05) is 5.92 Å². The van der Waals surface area contributed by atoms with Gasteiger partial charge in [-0.3, -0.25) is 15.1 Å². The standard InChI is InChI=1S/C13H17N3O/c1-3-7-15-10-13(17)16(4-2)11-12-5-8-14-9-6-12/h1,5-6,8-9,15H,4,7,10-11H2,2H3. The van der Waals surface area contributed by atoms with Gasteiger partial charge in [-0.05, 0) is 24.6 Å². The molecule has 0 radical (unpaired) electrons. The lowest BCUT2D eigenvalue weighted by atomic mass is 10.2. The van der Waals surface area contributed by atoms with Crippen LogP contribution >= 0.6 is 0 Å².